The summed E-state index contributed by atoms with van der Waals surface area (Å²) in [5, 5.41) is 3.85. The molecule has 0 aliphatic rings. The van der Waals surface area contributed by atoms with Gasteiger partial charge in [0.15, 0.2) is 0 Å². The Morgan fingerprint density at radius 1 is 0.880 bits per heavy atom. The van der Waals surface area contributed by atoms with E-state index in [4.69, 9.17) is 4.42 Å². The molecule has 1 heterocycles. The van der Waals surface area contributed by atoms with Gasteiger partial charge in [-0.1, -0.05) is 24.3 Å². The van der Waals surface area contributed by atoms with Crippen LogP contribution in [-0.2, 0) is 0 Å². The first kappa shape index (κ1) is 15.6. The summed E-state index contributed by atoms with van der Waals surface area (Å²) >= 11 is 3.37. The number of carbonyl (C=O) groups excluding carboxylic acids is 1. The SMILES string of the molecule is O=C(Nc1ccc2c(=O)c3ccccc3oc2c1)c1ccccc1Br. The molecule has 4 rings (SSSR count). The van der Waals surface area contributed by atoms with Gasteiger partial charge in [0, 0.05) is 16.2 Å². The van der Waals surface area contributed by atoms with Gasteiger partial charge < -0.3 is 9.73 Å². The number of amides is 1. The third-order valence-corrected chi connectivity index (χ3v) is 4.65. The highest BCUT2D eigenvalue weighted by Gasteiger charge is 2.12. The molecule has 0 fully saturated rings. The second kappa shape index (κ2) is 6.18. The summed E-state index contributed by atoms with van der Waals surface area (Å²) in [6.07, 6.45) is 0. The molecule has 0 spiro atoms. The minimum absolute atomic E-state index is 0.0828. The summed E-state index contributed by atoms with van der Waals surface area (Å²) in [4.78, 5) is 25.0. The topological polar surface area (TPSA) is 59.3 Å². The molecule has 5 heteroatoms. The molecule has 0 unspecified atom stereocenters. The third-order valence-electron chi connectivity index (χ3n) is 3.95. The van der Waals surface area contributed by atoms with Crippen LogP contribution in [0.5, 0.6) is 0 Å². The first-order valence-electron chi connectivity index (χ1n) is 7.65. The Balaban J connectivity index is 1.77. The number of carbonyl (C=O) groups is 1. The maximum Gasteiger partial charge on any atom is 0.256 e. The number of benzene rings is 3. The van der Waals surface area contributed by atoms with E-state index in [2.05, 4.69) is 21.2 Å². The van der Waals surface area contributed by atoms with Gasteiger partial charge in [0.2, 0.25) is 5.43 Å². The van der Waals surface area contributed by atoms with Crippen LogP contribution in [0.2, 0.25) is 0 Å². The van der Waals surface area contributed by atoms with Gasteiger partial charge in [0.25, 0.3) is 5.91 Å². The number of anilines is 1. The number of halogens is 1. The molecule has 4 nitrogen and oxygen atoms in total. The minimum atomic E-state index is -0.241. The lowest BCUT2D eigenvalue weighted by atomic mass is 10.1. The van der Waals surface area contributed by atoms with Crippen molar-refractivity contribution in [2.75, 3.05) is 5.32 Å². The van der Waals surface area contributed by atoms with E-state index in [1.807, 2.05) is 12.1 Å². The van der Waals surface area contributed by atoms with Crippen molar-refractivity contribution in [3.63, 3.8) is 0 Å². The molecule has 3 aromatic carbocycles. The molecular formula is C20H12BrNO3. The average Bonchev–Trinajstić information content (AvgIpc) is 2.62. The molecule has 1 aromatic heterocycles. The van der Waals surface area contributed by atoms with Crippen LogP contribution in [0, 0.1) is 0 Å². The highest BCUT2D eigenvalue weighted by Crippen LogP contribution is 2.23. The number of nitrogens with one attached hydrogen (secondary N) is 1. The van der Waals surface area contributed by atoms with E-state index in [1.165, 1.54) is 0 Å². The van der Waals surface area contributed by atoms with E-state index in [-0.39, 0.29) is 11.3 Å². The number of fused-ring (bicyclic) bond motifs is 2. The van der Waals surface area contributed by atoms with E-state index in [0.29, 0.717) is 37.7 Å². The predicted octanol–water partition coefficient (Wildman–Crippen LogP) is 4.96. The van der Waals surface area contributed by atoms with Crippen LogP contribution in [0.1, 0.15) is 10.4 Å². The molecule has 0 aliphatic heterocycles. The van der Waals surface area contributed by atoms with Crippen LogP contribution >= 0.6 is 15.9 Å². The second-order valence-corrected chi connectivity index (χ2v) is 6.43. The van der Waals surface area contributed by atoms with Crippen molar-refractivity contribution in [3.8, 4) is 0 Å². The van der Waals surface area contributed by atoms with Gasteiger partial charge >= 0.3 is 0 Å². The molecule has 0 bridgehead atoms. The zero-order valence-corrected chi connectivity index (χ0v) is 14.5. The Labute approximate surface area is 151 Å². The quantitative estimate of drug-likeness (QED) is 0.489. The molecule has 4 aromatic rings. The van der Waals surface area contributed by atoms with Crippen molar-refractivity contribution in [1.82, 2.24) is 0 Å². The second-order valence-electron chi connectivity index (χ2n) is 5.57. The lowest BCUT2D eigenvalue weighted by Gasteiger charge is -2.08. The molecular weight excluding hydrogens is 382 g/mol. The Morgan fingerprint density at radius 3 is 2.44 bits per heavy atom. The molecule has 1 N–H and O–H groups in total. The summed E-state index contributed by atoms with van der Waals surface area (Å²) in [7, 11) is 0. The van der Waals surface area contributed by atoms with Crippen molar-refractivity contribution in [2.24, 2.45) is 0 Å². The maximum atomic E-state index is 12.5. The monoisotopic (exact) mass is 393 g/mol. The molecule has 122 valence electrons. The van der Waals surface area contributed by atoms with Crippen molar-refractivity contribution in [1.29, 1.82) is 0 Å². The fourth-order valence-corrected chi connectivity index (χ4v) is 3.19. The van der Waals surface area contributed by atoms with Gasteiger partial charge in [-0.15, -0.1) is 0 Å². The summed E-state index contributed by atoms with van der Waals surface area (Å²) in [6.45, 7) is 0. The molecule has 0 aliphatic carbocycles. The van der Waals surface area contributed by atoms with Crippen LogP contribution in [0.15, 0.2) is 80.4 Å². The van der Waals surface area contributed by atoms with Crippen molar-refractivity contribution in [3.05, 3.63) is 87.0 Å². The summed E-state index contributed by atoms with van der Waals surface area (Å²) in [6, 6.07) is 19.3. The van der Waals surface area contributed by atoms with Crippen LogP contribution in [0.3, 0.4) is 0 Å². The number of rotatable bonds is 2. The number of para-hydroxylation sites is 1. The van der Waals surface area contributed by atoms with Gasteiger partial charge in [-0.05, 0) is 52.3 Å². The molecule has 0 saturated heterocycles. The first-order chi connectivity index (χ1) is 12.1. The highest BCUT2D eigenvalue weighted by molar-refractivity contribution is 9.10. The Bertz CT molecular complexity index is 1180. The fourth-order valence-electron chi connectivity index (χ4n) is 2.72. The smallest absolute Gasteiger partial charge is 0.256 e. The standard InChI is InChI=1S/C20H12BrNO3/c21-16-7-3-1-5-13(16)20(24)22-12-9-10-15-18(11-12)25-17-8-4-2-6-14(17)19(15)23/h1-11H,(H,22,24). The largest absolute Gasteiger partial charge is 0.456 e. The Morgan fingerprint density at radius 2 is 1.60 bits per heavy atom. The van der Waals surface area contributed by atoms with E-state index in [0.717, 1.165) is 0 Å². The van der Waals surface area contributed by atoms with E-state index in [9.17, 15) is 9.59 Å². The Kier molecular flexibility index (Phi) is 3.86. The van der Waals surface area contributed by atoms with Crippen LogP contribution in [-0.4, -0.2) is 5.91 Å². The van der Waals surface area contributed by atoms with Gasteiger partial charge in [-0.2, -0.15) is 0 Å². The molecule has 0 radical (unpaired) electrons. The average molecular weight is 394 g/mol. The van der Waals surface area contributed by atoms with Crippen LogP contribution in [0.4, 0.5) is 5.69 Å². The molecule has 0 saturated carbocycles. The fraction of sp³-hybridized carbons (Fsp3) is 0. The van der Waals surface area contributed by atoms with Gasteiger partial charge in [-0.25, -0.2) is 0 Å². The predicted molar refractivity (Wildman–Crippen MR) is 102 cm³/mol. The molecule has 25 heavy (non-hydrogen) atoms. The lowest BCUT2D eigenvalue weighted by molar-refractivity contribution is 0.102. The van der Waals surface area contributed by atoms with E-state index >= 15 is 0 Å². The summed E-state index contributed by atoms with van der Waals surface area (Å²) < 4.78 is 6.53. The number of hydrogen-bond acceptors (Lipinski definition) is 3. The highest BCUT2D eigenvalue weighted by atomic mass is 79.9. The molecule has 0 atom stereocenters. The Hall–Kier alpha value is -2.92. The van der Waals surface area contributed by atoms with E-state index in [1.54, 1.807) is 54.6 Å². The van der Waals surface area contributed by atoms with Gasteiger partial charge in [0.1, 0.15) is 11.2 Å². The van der Waals surface area contributed by atoms with Crippen molar-refractivity contribution in [2.45, 2.75) is 0 Å². The van der Waals surface area contributed by atoms with Crippen molar-refractivity contribution >= 4 is 49.5 Å². The lowest BCUT2D eigenvalue weighted by Crippen LogP contribution is -2.12. The zero-order valence-electron chi connectivity index (χ0n) is 13.0. The summed E-state index contributed by atoms with van der Waals surface area (Å²) in [5.74, 6) is -0.241. The minimum Gasteiger partial charge on any atom is -0.456 e. The van der Waals surface area contributed by atoms with E-state index < -0.39 is 0 Å². The first-order valence-corrected chi connectivity index (χ1v) is 8.44. The third kappa shape index (κ3) is 2.83. The zero-order chi connectivity index (χ0) is 17.4. The number of hydrogen-bond donors (Lipinski definition) is 1. The van der Waals surface area contributed by atoms with Crippen molar-refractivity contribution < 1.29 is 9.21 Å². The normalized spacial score (nSPS) is 10.9. The van der Waals surface area contributed by atoms with Gasteiger partial charge in [0.05, 0.1) is 16.3 Å². The maximum absolute atomic E-state index is 12.5. The molecule has 1 amide bonds. The van der Waals surface area contributed by atoms with Gasteiger partial charge in [-0.3, -0.25) is 9.59 Å². The van der Waals surface area contributed by atoms with Crippen LogP contribution in [0.25, 0.3) is 21.9 Å². The summed E-state index contributed by atoms with van der Waals surface area (Å²) in [5.41, 5.74) is 1.97. The van der Waals surface area contributed by atoms with Crippen LogP contribution < -0.4 is 10.7 Å².